The first-order valence-electron chi connectivity index (χ1n) is 7.60. The summed E-state index contributed by atoms with van der Waals surface area (Å²) in [5.74, 6) is 0.244. The smallest absolute Gasteiger partial charge is 0.125 e. The molecule has 0 radical (unpaired) electrons. The Kier molecular flexibility index (Phi) is 4.65. The van der Waals surface area contributed by atoms with Crippen molar-refractivity contribution >= 4 is 17.3 Å². The third-order valence-electron chi connectivity index (χ3n) is 4.16. The maximum atomic E-state index is 13.4. The molecule has 2 unspecified atom stereocenters. The lowest BCUT2D eigenvalue weighted by atomic mass is 9.89. The Labute approximate surface area is 135 Å². The molecule has 1 aliphatic rings. The summed E-state index contributed by atoms with van der Waals surface area (Å²) in [5, 5.41) is 0.764. The Bertz CT molecular complexity index is 646. The lowest BCUT2D eigenvalue weighted by molar-refractivity contribution is 0.374. The average molecular weight is 319 g/mol. The van der Waals surface area contributed by atoms with Crippen molar-refractivity contribution in [3.05, 3.63) is 64.9 Å². The molecule has 0 saturated carbocycles. The summed E-state index contributed by atoms with van der Waals surface area (Å²) >= 11 is 6.06. The van der Waals surface area contributed by atoms with Crippen LogP contribution in [0.1, 0.15) is 12.0 Å². The summed E-state index contributed by atoms with van der Waals surface area (Å²) in [6, 6.07) is 14.8. The van der Waals surface area contributed by atoms with Gasteiger partial charge < -0.3 is 10.6 Å². The molecule has 2 atom stereocenters. The summed E-state index contributed by atoms with van der Waals surface area (Å²) in [6.07, 6.45) is 1.93. The molecule has 1 aliphatic heterocycles. The van der Waals surface area contributed by atoms with Crippen LogP contribution in [0.5, 0.6) is 0 Å². The number of nitrogens with zero attached hydrogens (tertiary/aromatic N) is 1. The minimum Gasteiger partial charge on any atom is -0.370 e. The highest BCUT2D eigenvalue weighted by molar-refractivity contribution is 6.30. The number of halogens is 2. The van der Waals surface area contributed by atoms with Crippen LogP contribution in [0.2, 0.25) is 5.02 Å². The summed E-state index contributed by atoms with van der Waals surface area (Å²) in [6.45, 7) is 1.67. The number of nitrogens with two attached hydrogens (primary N) is 1. The van der Waals surface area contributed by atoms with Gasteiger partial charge in [-0.1, -0.05) is 29.8 Å². The molecule has 1 heterocycles. The normalized spacial score (nSPS) is 21.9. The minimum atomic E-state index is -0.206. The third-order valence-corrected chi connectivity index (χ3v) is 4.39. The molecule has 2 N–H and O–H groups in total. The van der Waals surface area contributed by atoms with E-state index in [9.17, 15) is 4.39 Å². The topological polar surface area (TPSA) is 29.3 Å². The molecule has 4 heteroatoms. The zero-order valence-electron chi connectivity index (χ0n) is 12.4. The van der Waals surface area contributed by atoms with E-state index in [1.54, 1.807) is 12.1 Å². The van der Waals surface area contributed by atoms with Gasteiger partial charge in [0.1, 0.15) is 5.82 Å². The number of rotatable bonds is 3. The lowest BCUT2D eigenvalue weighted by Crippen LogP contribution is -2.47. The van der Waals surface area contributed by atoms with Crippen LogP contribution in [-0.2, 0) is 6.42 Å². The second-order valence-corrected chi connectivity index (χ2v) is 6.52. The van der Waals surface area contributed by atoms with Crippen molar-refractivity contribution in [2.45, 2.75) is 18.9 Å². The lowest BCUT2D eigenvalue weighted by Gasteiger charge is -2.38. The fourth-order valence-corrected chi connectivity index (χ4v) is 3.49. The third kappa shape index (κ3) is 3.79. The van der Waals surface area contributed by atoms with Gasteiger partial charge in [0.25, 0.3) is 0 Å². The number of piperidine rings is 1. The van der Waals surface area contributed by atoms with Gasteiger partial charge in [-0.15, -0.1) is 0 Å². The standard InChI is InChI=1S/C18H20ClFN2/c19-15-4-1-3-13(8-15)7-14-9-17(21)12-22(11-14)18-6-2-5-16(20)10-18/h1-6,8,10,14,17H,7,9,11-12,21H2. The van der Waals surface area contributed by atoms with E-state index in [4.69, 9.17) is 17.3 Å². The van der Waals surface area contributed by atoms with E-state index in [2.05, 4.69) is 11.0 Å². The molecule has 1 fully saturated rings. The van der Waals surface area contributed by atoms with Gasteiger partial charge in [-0.05, 0) is 54.7 Å². The predicted octanol–water partition coefficient (Wildman–Crippen LogP) is 3.88. The number of hydrogen-bond acceptors (Lipinski definition) is 2. The molecule has 0 spiro atoms. The molecular weight excluding hydrogens is 299 g/mol. The first kappa shape index (κ1) is 15.3. The number of anilines is 1. The van der Waals surface area contributed by atoms with Crippen molar-refractivity contribution in [2.75, 3.05) is 18.0 Å². The van der Waals surface area contributed by atoms with Crippen LogP contribution < -0.4 is 10.6 Å². The van der Waals surface area contributed by atoms with Crippen LogP contribution in [0.4, 0.5) is 10.1 Å². The second-order valence-electron chi connectivity index (χ2n) is 6.08. The van der Waals surface area contributed by atoms with Crippen LogP contribution in [0.3, 0.4) is 0 Å². The molecule has 0 aromatic heterocycles. The van der Waals surface area contributed by atoms with Crippen LogP contribution in [-0.4, -0.2) is 19.1 Å². The SMILES string of the molecule is NC1CC(Cc2cccc(Cl)c2)CN(c2cccc(F)c2)C1. The van der Waals surface area contributed by atoms with E-state index >= 15 is 0 Å². The van der Waals surface area contributed by atoms with E-state index in [0.717, 1.165) is 36.6 Å². The van der Waals surface area contributed by atoms with Crippen molar-refractivity contribution in [1.29, 1.82) is 0 Å². The van der Waals surface area contributed by atoms with Crippen LogP contribution in [0.15, 0.2) is 48.5 Å². The van der Waals surface area contributed by atoms with E-state index in [1.165, 1.54) is 11.6 Å². The molecular formula is C18H20ClFN2. The number of benzene rings is 2. The van der Waals surface area contributed by atoms with Crippen LogP contribution >= 0.6 is 11.6 Å². The summed E-state index contributed by atoms with van der Waals surface area (Å²) in [7, 11) is 0. The van der Waals surface area contributed by atoms with Gasteiger partial charge in [-0.3, -0.25) is 0 Å². The van der Waals surface area contributed by atoms with Gasteiger partial charge in [-0.2, -0.15) is 0 Å². The van der Waals surface area contributed by atoms with E-state index < -0.39 is 0 Å². The van der Waals surface area contributed by atoms with Crippen molar-refractivity contribution < 1.29 is 4.39 Å². The molecule has 0 aliphatic carbocycles. The molecule has 1 saturated heterocycles. The predicted molar refractivity (Wildman–Crippen MR) is 89.9 cm³/mol. The van der Waals surface area contributed by atoms with Gasteiger partial charge in [-0.25, -0.2) is 4.39 Å². The number of hydrogen-bond donors (Lipinski definition) is 1. The van der Waals surface area contributed by atoms with E-state index in [1.807, 2.05) is 24.3 Å². The molecule has 2 aromatic carbocycles. The first-order chi connectivity index (χ1) is 10.6. The van der Waals surface area contributed by atoms with Gasteiger partial charge in [0.2, 0.25) is 0 Å². The van der Waals surface area contributed by atoms with Crippen LogP contribution in [0.25, 0.3) is 0 Å². The molecule has 2 nitrogen and oxygen atoms in total. The Morgan fingerprint density at radius 1 is 1.14 bits per heavy atom. The zero-order valence-corrected chi connectivity index (χ0v) is 13.1. The summed E-state index contributed by atoms with van der Waals surface area (Å²) in [4.78, 5) is 2.19. The Balaban J connectivity index is 1.73. The Hall–Kier alpha value is -1.58. The fourth-order valence-electron chi connectivity index (χ4n) is 3.28. The van der Waals surface area contributed by atoms with Crippen molar-refractivity contribution in [1.82, 2.24) is 0 Å². The summed E-state index contributed by atoms with van der Waals surface area (Å²) in [5.41, 5.74) is 8.35. The second kappa shape index (κ2) is 6.67. The molecule has 3 rings (SSSR count). The first-order valence-corrected chi connectivity index (χ1v) is 7.98. The maximum absolute atomic E-state index is 13.4. The fraction of sp³-hybridized carbons (Fsp3) is 0.333. The average Bonchev–Trinajstić information content (AvgIpc) is 2.46. The molecule has 0 amide bonds. The monoisotopic (exact) mass is 318 g/mol. The molecule has 2 aromatic rings. The highest BCUT2D eigenvalue weighted by Gasteiger charge is 2.25. The van der Waals surface area contributed by atoms with Gasteiger partial charge in [0, 0.05) is 29.8 Å². The highest BCUT2D eigenvalue weighted by Crippen LogP contribution is 2.26. The minimum absolute atomic E-state index is 0.112. The van der Waals surface area contributed by atoms with Gasteiger partial charge >= 0.3 is 0 Å². The molecule has 0 bridgehead atoms. The van der Waals surface area contributed by atoms with E-state index in [0.29, 0.717) is 5.92 Å². The summed E-state index contributed by atoms with van der Waals surface area (Å²) < 4.78 is 13.4. The van der Waals surface area contributed by atoms with Crippen molar-refractivity contribution in [2.24, 2.45) is 11.7 Å². The Morgan fingerprint density at radius 2 is 1.95 bits per heavy atom. The quantitative estimate of drug-likeness (QED) is 0.930. The van der Waals surface area contributed by atoms with Crippen LogP contribution in [0, 0.1) is 11.7 Å². The van der Waals surface area contributed by atoms with Gasteiger partial charge in [0.15, 0.2) is 0 Å². The molecule has 22 heavy (non-hydrogen) atoms. The maximum Gasteiger partial charge on any atom is 0.125 e. The van der Waals surface area contributed by atoms with E-state index in [-0.39, 0.29) is 11.9 Å². The van der Waals surface area contributed by atoms with Crippen molar-refractivity contribution in [3.63, 3.8) is 0 Å². The zero-order chi connectivity index (χ0) is 15.5. The van der Waals surface area contributed by atoms with Crippen molar-refractivity contribution in [3.8, 4) is 0 Å². The van der Waals surface area contributed by atoms with Gasteiger partial charge in [0.05, 0.1) is 0 Å². The largest absolute Gasteiger partial charge is 0.370 e. The molecule has 116 valence electrons. The highest BCUT2D eigenvalue weighted by atomic mass is 35.5. The Morgan fingerprint density at radius 3 is 2.73 bits per heavy atom.